The molecule has 12 heavy (non-hydrogen) atoms. The largest absolute Gasteiger partial charge is 0.390 e. The summed E-state index contributed by atoms with van der Waals surface area (Å²) in [6, 6.07) is 0. The molecule has 0 bridgehead atoms. The highest BCUT2D eigenvalue weighted by Gasteiger charge is 2.35. The molecule has 1 aliphatic rings. The molecule has 0 spiro atoms. The Labute approximate surface area is 71.1 Å². The number of nitrogens with two attached hydrogens (primary N) is 1. The fraction of sp³-hybridized carbons (Fsp3) is 1.00. The number of aliphatic hydroxyl groups excluding tert-OH is 2. The lowest BCUT2D eigenvalue weighted by Gasteiger charge is -2.35. The number of methoxy groups -OCH3 is 1. The van der Waals surface area contributed by atoms with Gasteiger partial charge in [-0.05, 0) is 0 Å². The van der Waals surface area contributed by atoms with Gasteiger partial charge in [0, 0.05) is 20.1 Å². The summed E-state index contributed by atoms with van der Waals surface area (Å²) >= 11 is 0. The zero-order valence-electron chi connectivity index (χ0n) is 7.01. The van der Waals surface area contributed by atoms with Gasteiger partial charge in [-0.15, -0.1) is 0 Å². The number of hydrogen-bond acceptors (Lipinski definition) is 5. The van der Waals surface area contributed by atoms with Crippen molar-refractivity contribution < 1.29 is 19.7 Å². The first-order chi connectivity index (χ1) is 5.69. The third-order valence-electron chi connectivity index (χ3n) is 2.03. The van der Waals surface area contributed by atoms with Crippen molar-refractivity contribution >= 4 is 0 Å². The fourth-order valence-electron chi connectivity index (χ4n) is 1.26. The Balaban J connectivity index is 2.52. The van der Waals surface area contributed by atoms with Gasteiger partial charge in [0.15, 0.2) is 6.29 Å². The minimum atomic E-state index is -0.901. The van der Waals surface area contributed by atoms with Crippen LogP contribution in [0, 0.1) is 0 Å². The monoisotopic (exact) mass is 177 g/mol. The third kappa shape index (κ3) is 1.94. The van der Waals surface area contributed by atoms with Crippen molar-refractivity contribution in [2.24, 2.45) is 5.73 Å². The average molecular weight is 177 g/mol. The van der Waals surface area contributed by atoms with Crippen molar-refractivity contribution in [1.29, 1.82) is 0 Å². The first-order valence-corrected chi connectivity index (χ1v) is 3.93. The van der Waals surface area contributed by atoms with Crippen LogP contribution in [-0.4, -0.2) is 48.5 Å². The molecular weight excluding hydrogens is 162 g/mol. The van der Waals surface area contributed by atoms with Gasteiger partial charge in [0.25, 0.3) is 0 Å². The maximum atomic E-state index is 9.34. The van der Waals surface area contributed by atoms with E-state index in [4.69, 9.17) is 15.2 Å². The van der Waals surface area contributed by atoms with Crippen LogP contribution in [0.3, 0.4) is 0 Å². The van der Waals surface area contributed by atoms with Gasteiger partial charge in [-0.3, -0.25) is 0 Å². The van der Waals surface area contributed by atoms with Crippen molar-refractivity contribution in [1.82, 2.24) is 0 Å². The van der Waals surface area contributed by atoms with Crippen molar-refractivity contribution in [3.63, 3.8) is 0 Å². The van der Waals surface area contributed by atoms with Crippen molar-refractivity contribution in [2.75, 3.05) is 13.7 Å². The normalized spacial score (nSPS) is 43.0. The van der Waals surface area contributed by atoms with E-state index in [1.807, 2.05) is 0 Å². The maximum absolute atomic E-state index is 9.34. The van der Waals surface area contributed by atoms with Crippen molar-refractivity contribution in [3.05, 3.63) is 0 Å². The lowest BCUT2D eigenvalue weighted by molar-refractivity contribution is -0.239. The molecule has 1 fully saturated rings. The Morgan fingerprint density at radius 1 is 1.58 bits per heavy atom. The summed E-state index contributed by atoms with van der Waals surface area (Å²) in [5.41, 5.74) is 5.32. The summed E-state index contributed by atoms with van der Waals surface area (Å²) in [6.07, 6.45) is -2.41. The Morgan fingerprint density at radius 2 is 2.25 bits per heavy atom. The molecule has 0 aliphatic carbocycles. The Morgan fingerprint density at radius 3 is 2.75 bits per heavy atom. The minimum absolute atomic E-state index is 0.179. The predicted octanol–water partition coefficient (Wildman–Crippen LogP) is -1.57. The Kier molecular flexibility index (Phi) is 3.42. The van der Waals surface area contributed by atoms with E-state index in [0.29, 0.717) is 0 Å². The van der Waals surface area contributed by atoms with Gasteiger partial charge in [0.1, 0.15) is 12.2 Å². The van der Waals surface area contributed by atoms with Crippen LogP contribution >= 0.6 is 0 Å². The summed E-state index contributed by atoms with van der Waals surface area (Å²) in [4.78, 5) is 0. The highest BCUT2D eigenvalue weighted by Crippen LogP contribution is 2.19. The zero-order chi connectivity index (χ0) is 9.14. The second kappa shape index (κ2) is 4.15. The number of ether oxygens (including phenoxy) is 2. The molecule has 0 aromatic carbocycles. The van der Waals surface area contributed by atoms with Crippen LogP contribution in [0.2, 0.25) is 0 Å². The second-order valence-electron chi connectivity index (χ2n) is 2.87. The molecule has 1 saturated heterocycles. The van der Waals surface area contributed by atoms with E-state index in [1.165, 1.54) is 7.11 Å². The highest BCUT2D eigenvalue weighted by atomic mass is 16.7. The van der Waals surface area contributed by atoms with Gasteiger partial charge < -0.3 is 25.4 Å². The molecule has 2 unspecified atom stereocenters. The van der Waals surface area contributed by atoms with Gasteiger partial charge in [-0.25, -0.2) is 0 Å². The summed E-state index contributed by atoms with van der Waals surface area (Å²) in [7, 11) is 1.49. The summed E-state index contributed by atoms with van der Waals surface area (Å²) in [6.45, 7) is 0.179. The molecular formula is C7H15NO4. The van der Waals surface area contributed by atoms with Gasteiger partial charge in [0.05, 0.1) is 6.10 Å². The third-order valence-corrected chi connectivity index (χ3v) is 2.03. The molecule has 4 N–H and O–H groups in total. The number of rotatable bonds is 2. The second-order valence-corrected chi connectivity index (χ2v) is 2.87. The van der Waals surface area contributed by atoms with Crippen LogP contribution in [-0.2, 0) is 9.47 Å². The topological polar surface area (TPSA) is 84.9 Å². The Bertz CT molecular complexity index is 143. The van der Waals surface area contributed by atoms with Crippen LogP contribution in [0.5, 0.6) is 0 Å². The Hall–Kier alpha value is -0.200. The first kappa shape index (κ1) is 9.88. The maximum Gasteiger partial charge on any atom is 0.160 e. The minimum Gasteiger partial charge on any atom is -0.390 e. The summed E-state index contributed by atoms with van der Waals surface area (Å²) in [5, 5.41) is 18.7. The van der Waals surface area contributed by atoms with E-state index in [9.17, 15) is 10.2 Å². The van der Waals surface area contributed by atoms with E-state index in [-0.39, 0.29) is 13.0 Å². The molecule has 0 amide bonds. The predicted molar refractivity (Wildman–Crippen MR) is 41.4 cm³/mol. The quantitative estimate of drug-likeness (QED) is 0.474. The van der Waals surface area contributed by atoms with Gasteiger partial charge in [-0.2, -0.15) is 0 Å². The molecule has 1 aliphatic heterocycles. The van der Waals surface area contributed by atoms with E-state index in [2.05, 4.69) is 0 Å². The zero-order valence-corrected chi connectivity index (χ0v) is 7.01. The number of hydrogen-bond donors (Lipinski definition) is 3. The number of aliphatic hydroxyl groups is 2. The fourth-order valence-corrected chi connectivity index (χ4v) is 1.26. The molecule has 5 nitrogen and oxygen atoms in total. The molecule has 72 valence electrons. The van der Waals surface area contributed by atoms with Gasteiger partial charge >= 0.3 is 0 Å². The molecule has 4 atom stereocenters. The molecule has 0 radical (unpaired) electrons. The van der Waals surface area contributed by atoms with Crippen LogP contribution in [0.4, 0.5) is 0 Å². The summed E-state index contributed by atoms with van der Waals surface area (Å²) < 4.78 is 10.1. The lowest BCUT2D eigenvalue weighted by atomic mass is 10.0. The molecule has 1 heterocycles. The molecule has 0 aromatic rings. The van der Waals surface area contributed by atoms with Gasteiger partial charge in [0.2, 0.25) is 0 Å². The molecule has 1 rings (SSSR count). The van der Waals surface area contributed by atoms with E-state index in [0.717, 1.165) is 0 Å². The lowest BCUT2D eigenvalue weighted by Crippen LogP contribution is -2.51. The van der Waals surface area contributed by atoms with Crippen LogP contribution in [0.25, 0.3) is 0 Å². The highest BCUT2D eigenvalue weighted by molar-refractivity contribution is 4.83. The molecule has 0 saturated carbocycles. The smallest absolute Gasteiger partial charge is 0.160 e. The van der Waals surface area contributed by atoms with E-state index >= 15 is 0 Å². The van der Waals surface area contributed by atoms with E-state index < -0.39 is 24.6 Å². The summed E-state index contributed by atoms with van der Waals surface area (Å²) in [5.74, 6) is 0. The SMILES string of the molecule is CO[C@@H]1CC(O)[C@H](O)C(CN)O1. The molecule has 5 heteroatoms. The van der Waals surface area contributed by atoms with Crippen LogP contribution in [0.15, 0.2) is 0 Å². The molecule has 0 aromatic heterocycles. The average Bonchev–Trinajstić information content (AvgIpc) is 2.09. The van der Waals surface area contributed by atoms with Crippen molar-refractivity contribution in [3.8, 4) is 0 Å². The van der Waals surface area contributed by atoms with Crippen LogP contribution in [0.1, 0.15) is 6.42 Å². The van der Waals surface area contributed by atoms with Crippen LogP contribution < -0.4 is 5.73 Å². The van der Waals surface area contributed by atoms with Crippen molar-refractivity contribution in [2.45, 2.75) is 31.0 Å². The standard InChI is InChI=1S/C7H15NO4/c1-11-6-2-4(9)7(10)5(3-8)12-6/h4-7,9-10H,2-3,8H2,1H3/t4?,5?,6-,7-/m0/s1. The first-order valence-electron chi connectivity index (χ1n) is 3.93. The van der Waals surface area contributed by atoms with E-state index in [1.54, 1.807) is 0 Å². The van der Waals surface area contributed by atoms with Gasteiger partial charge in [-0.1, -0.05) is 0 Å².